The Hall–Kier alpha value is -3.41. The zero-order valence-corrected chi connectivity index (χ0v) is 27.5. The summed E-state index contributed by atoms with van der Waals surface area (Å²) in [4.78, 5) is 0. The van der Waals surface area contributed by atoms with Crippen LogP contribution >= 0.6 is 0 Å². The van der Waals surface area contributed by atoms with Crippen LogP contribution in [-0.4, -0.2) is 45.5 Å². The maximum absolute atomic E-state index is 3.20. The standard InChI is InChI=1S/C24H20N2.C12H11N.CH3.Sr/c1-25-16-8-6-14-22(25)18-10-2-4-12-20(18)24-21-13-5-3-11-19(21)23-15-7-9-17-26(23)24;1-13-10-6-5-9-12(13)11-7-3-2-4-8-11;;/h2-17,24H,1H3;2-7,9-10H,1H3;1H3;/q+2;;-1;+2. The fourth-order valence-corrected chi connectivity index (χ4v) is 5.47. The molecule has 0 spiro atoms. The van der Waals surface area contributed by atoms with E-state index in [4.69, 9.17) is 0 Å². The molecule has 0 N–H and O–H groups in total. The van der Waals surface area contributed by atoms with Crippen molar-refractivity contribution in [2.75, 3.05) is 0 Å². The van der Waals surface area contributed by atoms with Gasteiger partial charge in [-0.05, 0) is 30.3 Å². The number of aromatic nitrogens is 3. The van der Waals surface area contributed by atoms with Crippen LogP contribution in [0.5, 0.6) is 0 Å². The topological polar surface area (TPSA) is 11.6 Å². The van der Waals surface area contributed by atoms with E-state index in [0.29, 0.717) is 0 Å². The molecule has 3 aromatic heterocycles. The van der Waals surface area contributed by atoms with Crippen molar-refractivity contribution in [1.82, 2.24) is 0 Å². The first kappa shape index (κ1) is 30.5. The van der Waals surface area contributed by atoms with E-state index in [9.17, 15) is 0 Å². The molecular formula is C37H34N3Sr+3. The van der Waals surface area contributed by atoms with E-state index in [2.05, 4.69) is 136 Å². The van der Waals surface area contributed by atoms with Crippen molar-refractivity contribution >= 4 is 45.5 Å². The van der Waals surface area contributed by atoms with Crippen LogP contribution in [-0.2, 0) is 14.1 Å². The van der Waals surface area contributed by atoms with Gasteiger partial charge in [0.05, 0.1) is 11.1 Å². The van der Waals surface area contributed by atoms with Crippen LogP contribution in [0.2, 0.25) is 0 Å². The summed E-state index contributed by atoms with van der Waals surface area (Å²) in [6.07, 6.45) is 6.34. The SMILES string of the molecule is C[n+]1ccccc1-c1[c-]cccc1.C[n+]1ccccc1-c1ccccc1C1c2ccccc2-c2cccc[n+]21.[CH3-].[Sr+2]. The summed E-state index contributed by atoms with van der Waals surface area (Å²) in [5.41, 5.74) is 10.1. The Balaban J connectivity index is 0.000000220. The molecule has 41 heavy (non-hydrogen) atoms. The molecule has 3 nitrogen and oxygen atoms in total. The molecule has 4 heteroatoms. The van der Waals surface area contributed by atoms with Crippen LogP contribution < -0.4 is 13.7 Å². The van der Waals surface area contributed by atoms with Gasteiger partial charge in [-0.3, -0.25) is 0 Å². The van der Waals surface area contributed by atoms with Gasteiger partial charge in [-0.15, -0.1) is 30.3 Å². The Bertz CT molecular complexity index is 1700. The zero-order valence-electron chi connectivity index (χ0n) is 24.0. The smallest absolute Gasteiger partial charge is 0.358 e. The molecule has 1 aliphatic rings. The van der Waals surface area contributed by atoms with Crippen molar-refractivity contribution in [3.8, 4) is 33.8 Å². The third kappa shape index (κ3) is 6.27. The molecule has 1 aliphatic heterocycles. The number of rotatable bonds is 3. The van der Waals surface area contributed by atoms with Crippen molar-refractivity contribution in [2.45, 2.75) is 6.04 Å². The van der Waals surface area contributed by atoms with E-state index in [0.717, 1.165) is 5.56 Å². The van der Waals surface area contributed by atoms with Gasteiger partial charge in [0.15, 0.2) is 18.6 Å². The van der Waals surface area contributed by atoms with Gasteiger partial charge in [-0.2, -0.15) is 4.57 Å². The predicted octanol–water partition coefficient (Wildman–Crippen LogP) is 6.13. The molecule has 0 saturated carbocycles. The van der Waals surface area contributed by atoms with E-state index >= 15 is 0 Å². The van der Waals surface area contributed by atoms with Gasteiger partial charge in [-0.25, -0.2) is 9.13 Å². The quantitative estimate of drug-likeness (QED) is 0.130. The second-order valence-electron chi connectivity index (χ2n) is 9.74. The van der Waals surface area contributed by atoms with Crippen molar-refractivity contribution < 1.29 is 13.7 Å². The summed E-state index contributed by atoms with van der Waals surface area (Å²) in [5, 5.41) is 0. The molecule has 196 valence electrons. The Morgan fingerprint density at radius 3 is 1.59 bits per heavy atom. The van der Waals surface area contributed by atoms with Crippen molar-refractivity contribution in [2.24, 2.45) is 14.1 Å². The Morgan fingerprint density at radius 1 is 0.512 bits per heavy atom. The van der Waals surface area contributed by atoms with Crippen LogP contribution in [0.25, 0.3) is 33.8 Å². The molecule has 0 bridgehead atoms. The second kappa shape index (κ2) is 14.0. The van der Waals surface area contributed by atoms with Gasteiger partial charge in [0.2, 0.25) is 17.4 Å². The molecule has 0 amide bonds. The average Bonchev–Trinajstić information content (AvgIpc) is 3.33. The van der Waals surface area contributed by atoms with Crippen LogP contribution in [0.1, 0.15) is 17.2 Å². The normalized spacial score (nSPS) is 12.5. The molecule has 7 rings (SSSR count). The van der Waals surface area contributed by atoms with Gasteiger partial charge in [0, 0.05) is 41.5 Å². The van der Waals surface area contributed by atoms with Crippen LogP contribution in [0.3, 0.4) is 0 Å². The number of pyridine rings is 3. The fourth-order valence-electron chi connectivity index (χ4n) is 5.47. The number of hydrogen-bond acceptors (Lipinski definition) is 0. The molecule has 0 radical (unpaired) electrons. The largest absolute Gasteiger partial charge is 2.00 e. The minimum atomic E-state index is 0. The Kier molecular flexibility index (Phi) is 10.4. The maximum Gasteiger partial charge on any atom is 2.00 e. The van der Waals surface area contributed by atoms with Gasteiger partial charge < -0.3 is 7.43 Å². The number of fused-ring (bicyclic) bond motifs is 3. The Morgan fingerprint density at radius 2 is 1.00 bits per heavy atom. The van der Waals surface area contributed by atoms with Gasteiger partial charge in [0.25, 0.3) is 0 Å². The van der Waals surface area contributed by atoms with Crippen molar-refractivity contribution in [3.05, 3.63) is 171 Å². The predicted molar refractivity (Wildman–Crippen MR) is 166 cm³/mol. The third-order valence-corrected chi connectivity index (χ3v) is 7.33. The minimum absolute atomic E-state index is 0. The second-order valence-corrected chi connectivity index (χ2v) is 9.74. The summed E-state index contributed by atoms with van der Waals surface area (Å²) in [6.45, 7) is 0. The molecule has 6 aromatic rings. The van der Waals surface area contributed by atoms with E-state index < -0.39 is 0 Å². The van der Waals surface area contributed by atoms with Crippen molar-refractivity contribution in [1.29, 1.82) is 0 Å². The zero-order chi connectivity index (χ0) is 26.6. The molecule has 0 saturated heterocycles. The number of benzene rings is 3. The van der Waals surface area contributed by atoms with E-state index in [1.165, 1.54) is 39.3 Å². The summed E-state index contributed by atoms with van der Waals surface area (Å²) in [5.74, 6) is 0. The fraction of sp³-hybridized carbons (Fsp3) is 0.0811. The summed E-state index contributed by atoms with van der Waals surface area (Å²) >= 11 is 0. The minimum Gasteiger partial charge on any atom is -0.358 e. The van der Waals surface area contributed by atoms with E-state index in [1.807, 2.05) is 43.6 Å². The van der Waals surface area contributed by atoms with Gasteiger partial charge >= 0.3 is 45.5 Å². The summed E-state index contributed by atoms with van der Waals surface area (Å²) < 4.78 is 6.68. The van der Waals surface area contributed by atoms with Gasteiger partial charge in [0.1, 0.15) is 19.8 Å². The van der Waals surface area contributed by atoms with Crippen LogP contribution in [0.15, 0.2) is 146 Å². The average molecular weight is 608 g/mol. The van der Waals surface area contributed by atoms with Crippen LogP contribution in [0.4, 0.5) is 0 Å². The van der Waals surface area contributed by atoms with Gasteiger partial charge in [-0.1, -0.05) is 48.0 Å². The number of hydrogen-bond donors (Lipinski definition) is 0. The van der Waals surface area contributed by atoms with Crippen LogP contribution in [0, 0.1) is 13.5 Å². The molecule has 1 unspecified atom stereocenters. The van der Waals surface area contributed by atoms with E-state index in [1.54, 1.807) is 0 Å². The Labute approximate surface area is 281 Å². The molecule has 0 fully saturated rings. The van der Waals surface area contributed by atoms with E-state index in [-0.39, 0.29) is 59.0 Å². The monoisotopic (exact) mass is 608 g/mol. The molecule has 1 atom stereocenters. The van der Waals surface area contributed by atoms with Crippen molar-refractivity contribution in [3.63, 3.8) is 0 Å². The summed E-state index contributed by atoms with van der Waals surface area (Å²) in [7, 11) is 4.14. The molecule has 4 heterocycles. The third-order valence-electron chi connectivity index (χ3n) is 7.33. The number of aryl methyl sites for hydroxylation is 2. The first-order valence-electron chi connectivity index (χ1n) is 13.3. The first-order chi connectivity index (χ1) is 19.2. The summed E-state index contributed by atoms with van der Waals surface area (Å²) in [6, 6.07) is 47.9. The maximum atomic E-state index is 3.20. The molecular weight excluding hydrogens is 574 g/mol. The molecule has 0 aliphatic carbocycles. The molecule has 3 aromatic carbocycles. The first-order valence-corrected chi connectivity index (χ1v) is 13.3. The number of nitrogens with zero attached hydrogens (tertiary/aromatic N) is 3.